The van der Waals surface area contributed by atoms with E-state index in [2.05, 4.69) is 19.6 Å². The Balaban J connectivity index is 1.93. The summed E-state index contributed by atoms with van der Waals surface area (Å²) in [4.78, 5) is 13.4. The number of hydrogen-bond acceptors (Lipinski definition) is 2. The maximum Gasteiger partial charge on any atom is 0.416 e. The van der Waals surface area contributed by atoms with Crippen molar-refractivity contribution in [3.05, 3.63) is 101 Å². The first-order chi connectivity index (χ1) is 16.0. The Labute approximate surface area is 196 Å². The number of alkyl halides is 3. The summed E-state index contributed by atoms with van der Waals surface area (Å²) in [6.45, 7) is 6.70. The molecule has 0 unspecified atom stereocenters. The van der Waals surface area contributed by atoms with Gasteiger partial charge >= 0.3 is 6.18 Å². The normalized spacial score (nSPS) is 12.1. The summed E-state index contributed by atoms with van der Waals surface area (Å²) in [5.74, 6) is 0. The third kappa shape index (κ3) is 4.56. The highest BCUT2D eigenvalue weighted by molar-refractivity contribution is 6.88. The molecule has 0 bridgehead atoms. The van der Waals surface area contributed by atoms with Gasteiger partial charge in [0.2, 0.25) is 0 Å². The molecule has 0 spiro atoms. The molecule has 174 valence electrons. The van der Waals surface area contributed by atoms with Crippen LogP contribution in [0.2, 0.25) is 19.6 Å². The summed E-state index contributed by atoms with van der Waals surface area (Å²) >= 11 is 0. The van der Waals surface area contributed by atoms with Crippen molar-refractivity contribution >= 4 is 13.3 Å². The zero-order valence-electron chi connectivity index (χ0n) is 19.0. The number of aromatic nitrogens is 1. The van der Waals surface area contributed by atoms with Gasteiger partial charge in [0.15, 0.2) is 0 Å². The van der Waals surface area contributed by atoms with Gasteiger partial charge in [-0.05, 0) is 34.9 Å². The van der Waals surface area contributed by atoms with E-state index in [4.69, 9.17) is 0 Å². The summed E-state index contributed by atoms with van der Waals surface area (Å²) < 4.78 is 39.7. The monoisotopic (exact) mass is 479 g/mol. The largest absolute Gasteiger partial charge is 0.425 e. The number of hydrogen-bond donors (Lipinski definition) is 1. The molecule has 4 aromatic rings. The van der Waals surface area contributed by atoms with Gasteiger partial charge in [0.1, 0.15) is 0 Å². The van der Waals surface area contributed by atoms with Crippen molar-refractivity contribution in [2.75, 3.05) is 0 Å². The minimum Gasteiger partial charge on any atom is -0.425 e. The Kier molecular flexibility index (Phi) is 5.99. The molecule has 0 radical (unpaired) electrons. The second-order valence-electron chi connectivity index (χ2n) is 9.20. The molecule has 3 aromatic carbocycles. The molecule has 0 fully saturated rings. The van der Waals surface area contributed by atoms with E-state index in [1.54, 1.807) is 6.07 Å². The molecular weight excluding hydrogens is 455 g/mol. The lowest BCUT2D eigenvalue weighted by atomic mass is 9.93. The van der Waals surface area contributed by atoms with Gasteiger partial charge in [-0.3, -0.25) is 4.79 Å². The van der Waals surface area contributed by atoms with Crippen molar-refractivity contribution < 1.29 is 18.4 Å². The van der Waals surface area contributed by atoms with Crippen LogP contribution in [-0.2, 0) is 6.18 Å². The number of pyridine rings is 1. The Hall–Kier alpha value is -3.58. The zero-order chi connectivity index (χ0) is 24.7. The maximum atomic E-state index is 13.4. The van der Waals surface area contributed by atoms with Crippen LogP contribution < -0.4 is 10.7 Å². The van der Waals surface area contributed by atoms with Gasteiger partial charge in [-0.25, -0.2) is 0 Å². The van der Waals surface area contributed by atoms with E-state index in [-0.39, 0.29) is 5.56 Å². The van der Waals surface area contributed by atoms with E-state index >= 15 is 0 Å². The zero-order valence-corrected chi connectivity index (χ0v) is 20.0. The topological polar surface area (TPSA) is 42.2 Å². The van der Waals surface area contributed by atoms with Gasteiger partial charge in [0.25, 0.3) is 5.56 Å². The second kappa shape index (κ2) is 8.65. The number of nitrogens with zero attached hydrogens (tertiary/aromatic N) is 1. The van der Waals surface area contributed by atoms with Gasteiger partial charge in [0.05, 0.1) is 24.9 Å². The second-order valence-corrected chi connectivity index (χ2v) is 14.3. The van der Waals surface area contributed by atoms with Gasteiger partial charge in [-0.1, -0.05) is 91.6 Å². The lowest BCUT2D eigenvalue weighted by Gasteiger charge is -2.18. The fraction of sp³-hybridized carbons (Fsp3) is 0.148. The summed E-state index contributed by atoms with van der Waals surface area (Å²) in [6.07, 6.45) is -4.48. The van der Waals surface area contributed by atoms with E-state index in [0.29, 0.717) is 27.1 Å². The summed E-state index contributed by atoms with van der Waals surface area (Å²) in [5.41, 5.74) is 1.13. The van der Waals surface area contributed by atoms with Gasteiger partial charge < -0.3 is 5.21 Å². The SMILES string of the molecule is C[Si](C)(C)c1ccc(-c2cc(-c3ccccc3)c(-c3ccc(C(F)(F)F)cc3)c(=O)n2O)cc1. The van der Waals surface area contributed by atoms with Crippen molar-refractivity contribution in [1.29, 1.82) is 0 Å². The predicted octanol–water partition coefficient (Wildman–Crippen LogP) is 6.65. The molecule has 3 nitrogen and oxygen atoms in total. The summed E-state index contributed by atoms with van der Waals surface area (Å²) in [5, 5.41) is 12.1. The average Bonchev–Trinajstić information content (AvgIpc) is 2.80. The highest BCUT2D eigenvalue weighted by Crippen LogP contribution is 2.35. The minimum absolute atomic E-state index is 0.130. The van der Waals surface area contributed by atoms with Crippen LogP contribution in [0.4, 0.5) is 13.2 Å². The molecule has 0 aliphatic heterocycles. The molecule has 4 rings (SSSR count). The molecule has 7 heteroatoms. The Morgan fingerprint density at radius 2 is 1.32 bits per heavy atom. The van der Waals surface area contributed by atoms with E-state index in [9.17, 15) is 23.2 Å². The quantitative estimate of drug-likeness (QED) is 0.263. The van der Waals surface area contributed by atoms with Crippen molar-refractivity contribution in [1.82, 2.24) is 4.73 Å². The molecule has 1 N–H and O–H groups in total. The lowest BCUT2D eigenvalue weighted by molar-refractivity contribution is -0.137. The molecule has 0 amide bonds. The third-order valence-electron chi connectivity index (χ3n) is 5.82. The molecule has 0 saturated carbocycles. The molecule has 0 atom stereocenters. The third-order valence-corrected chi connectivity index (χ3v) is 7.88. The van der Waals surface area contributed by atoms with Crippen molar-refractivity contribution in [3.8, 4) is 33.5 Å². The molecule has 1 aromatic heterocycles. The van der Waals surface area contributed by atoms with Crippen LogP contribution in [0, 0.1) is 0 Å². The van der Waals surface area contributed by atoms with Crippen LogP contribution in [0.1, 0.15) is 5.56 Å². The van der Waals surface area contributed by atoms with Gasteiger partial charge in [0, 0.05) is 5.56 Å². The maximum absolute atomic E-state index is 13.4. The van der Waals surface area contributed by atoms with Gasteiger partial charge in [-0.2, -0.15) is 13.2 Å². The first-order valence-corrected chi connectivity index (χ1v) is 14.3. The van der Waals surface area contributed by atoms with Crippen molar-refractivity contribution in [2.45, 2.75) is 25.8 Å². The van der Waals surface area contributed by atoms with Crippen LogP contribution in [0.15, 0.2) is 89.7 Å². The van der Waals surface area contributed by atoms with Gasteiger partial charge in [-0.15, -0.1) is 4.73 Å². The van der Waals surface area contributed by atoms with Crippen LogP contribution in [0.25, 0.3) is 33.5 Å². The number of rotatable bonds is 4. The summed E-state index contributed by atoms with van der Waals surface area (Å²) in [7, 11) is -1.53. The van der Waals surface area contributed by atoms with Crippen LogP contribution in [-0.4, -0.2) is 18.0 Å². The minimum atomic E-state index is -4.48. The molecule has 0 aliphatic carbocycles. The lowest BCUT2D eigenvalue weighted by Crippen LogP contribution is -2.37. The molecule has 1 heterocycles. The Bertz CT molecular complexity index is 1370. The van der Waals surface area contributed by atoms with E-state index in [0.717, 1.165) is 17.7 Å². The average molecular weight is 480 g/mol. The predicted molar refractivity (Wildman–Crippen MR) is 132 cm³/mol. The highest BCUT2D eigenvalue weighted by Gasteiger charge is 2.30. The van der Waals surface area contributed by atoms with Crippen molar-refractivity contribution in [2.24, 2.45) is 0 Å². The first-order valence-electron chi connectivity index (χ1n) is 10.8. The molecular formula is C27H24F3NO2Si. The first kappa shape index (κ1) is 23.6. The van der Waals surface area contributed by atoms with Crippen LogP contribution in [0.3, 0.4) is 0 Å². The fourth-order valence-electron chi connectivity index (χ4n) is 3.90. The number of halogens is 3. The smallest absolute Gasteiger partial charge is 0.416 e. The van der Waals surface area contributed by atoms with E-state index < -0.39 is 25.4 Å². The van der Waals surface area contributed by atoms with Crippen LogP contribution >= 0.6 is 0 Å². The fourth-order valence-corrected chi connectivity index (χ4v) is 5.06. The number of benzene rings is 3. The Morgan fingerprint density at radius 3 is 1.85 bits per heavy atom. The van der Waals surface area contributed by atoms with E-state index in [1.165, 1.54) is 17.3 Å². The molecule has 34 heavy (non-hydrogen) atoms. The van der Waals surface area contributed by atoms with Crippen LogP contribution in [0.5, 0.6) is 0 Å². The standard InChI is InChI=1S/C27H24F3NO2Si/c1-34(2,3)22-15-11-19(12-16-22)24-17-23(18-7-5-4-6-8-18)25(26(32)31(24)33)20-9-13-21(14-10-20)27(28,29)30/h4-17,33H,1-3H3. The summed E-state index contributed by atoms with van der Waals surface area (Å²) in [6, 6.07) is 23.0. The Morgan fingerprint density at radius 1 is 0.765 bits per heavy atom. The van der Waals surface area contributed by atoms with E-state index in [1.807, 2.05) is 54.6 Å². The highest BCUT2D eigenvalue weighted by atomic mass is 28.3. The van der Waals surface area contributed by atoms with Crippen molar-refractivity contribution in [3.63, 3.8) is 0 Å². The molecule has 0 aliphatic rings. The molecule has 0 saturated heterocycles.